The van der Waals surface area contributed by atoms with Crippen LogP contribution in [0.1, 0.15) is 23.2 Å². The van der Waals surface area contributed by atoms with Crippen LogP contribution in [-0.4, -0.2) is 29.6 Å². The van der Waals surface area contributed by atoms with Gasteiger partial charge in [0.15, 0.2) is 0 Å². The van der Waals surface area contributed by atoms with Gasteiger partial charge >= 0.3 is 5.97 Å². The Hall–Kier alpha value is -1.36. The Morgan fingerprint density at radius 3 is 2.41 bits per heavy atom. The minimum absolute atomic E-state index is 0.257. The molecule has 1 aromatic carbocycles. The van der Waals surface area contributed by atoms with Gasteiger partial charge in [0.1, 0.15) is 0 Å². The SMILES string of the molecule is COC(=O)c1ccc(S(C)(=O)=NC2CC2)cc1. The molecule has 1 saturated carbocycles. The van der Waals surface area contributed by atoms with Crippen LogP contribution in [0.3, 0.4) is 0 Å². The third kappa shape index (κ3) is 2.85. The molecular weight excluding hydrogens is 238 g/mol. The van der Waals surface area contributed by atoms with E-state index in [1.807, 2.05) is 0 Å². The molecule has 1 atom stereocenters. The topological polar surface area (TPSA) is 55.7 Å². The van der Waals surface area contributed by atoms with Crippen LogP contribution in [0, 0.1) is 0 Å². The van der Waals surface area contributed by atoms with E-state index in [1.54, 1.807) is 30.5 Å². The van der Waals surface area contributed by atoms with E-state index in [0.29, 0.717) is 10.5 Å². The zero-order valence-corrected chi connectivity index (χ0v) is 10.7. The second-order valence-electron chi connectivity index (χ2n) is 4.16. The summed E-state index contributed by atoms with van der Waals surface area (Å²) in [7, 11) is -0.988. The van der Waals surface area contributed by atoms with Crippen molar-refractivity contribution in [1.82, 2.24) is 0 Å². The molecule has 0 heterocycles. The monoisotopic (exact) mass is 253 g/mol. The van der Waals surface area contributed by atoms with Crippen LogP contribution in [0.4, 0.5) is 0 Å². The average molecular weight is 253 g/mol. The van der Waals surface area contributed by atoms with Crippen LogP contribution < -0.4 is 0 Å². The van der Waals surface area contributed by atoms with Gasteiger partial charge in [-0.05, 0) is 37.1 Å². The molecule has 2 rings (SSSR count). The number of ether oxygens (including phenoxy) is 1. The molecule has 1 aliphatic carbocycles. The van der Waals surface area contributed by atoms with Gasteiger partial charge in [0.25, 0.3) is 0 Å². The smallest absolute Gasteiger partial charge is 0.337 e. The van der Waals surface area contributed by atoms with E-state index in [1.165, 1.54) is 7.11 Å². The number of rotatable bonds is 3. The summed E-state index contributed by atoms with van der Waals surface area (Å²) >= 11 is 0. The number of hydrogen-bond donors (Lipinski definition) is 0. The van der Waals surface area contributed by atoms with Gasteiger partial charge in [0.2, 0.25) is 0 Å². The summed E-state index contributed by atoms with van der Waals surface area (Å²) in [5.41, 5.74) is 0.456. The van der Waals surface area contributed by atoms with E-state index in [4.69, 9.17) is 0 Å². The van der Waals surface area contributed by atoms with E-state index in [-0.39, 0.29) is 6.04 Å². The molecule has 4 nitrogen and oxygen atoms in total. The maximum Gasteiger partial charge on any atom is 0.337 e. The Labute approximate surface area is 101 Å². The summed E-state index contributed by atoms with van der Waals surface area (Å²) in [6.07, 6.45) is 3.70. The molecule has 0 aliphatic heterocycles. The number of esters is 1. The van der Waals surface area contributed by atoms with Crippen molar-refractivity contribution in [3.8, 4) is 0 Å². The van der Waals surface area contributed by atoms with Gasteiger partial charge in [-0.25, -0.2) is 13.4 Å². The zero-order chi connectivity index (χ0) is 12.5. The molecular formula is C12H15NO3S. The number of nitrogens with zero attached hydrogens (tertiary/aromatic N) is 1. The Morgan fingerprint density at radius 1 is 1.35 bits per heavy atom. The highest BCUT2D eigenvalue weighted by molar-refractivity contribution is 7.93. The summed E-state index contributed by atoms with van der Waals surface area (Å²) < 4.78 is 21.2. The molecule has 0 radical (unpaired) electrons. The van der Waals surface area contributed by atoms with Crippen molar-refractivity contribution in [2.75, 3.05) is 13.4 Å². The predicted molar refractivity (Wildman–Crippen MR) is 65.6 cm³/mol. The van der Waals surface area contributed by atoms with Crippen LogP contribution in [0.15, 0.2) is 33.5 Å². The predicted octanol–water partition coefficient (Wildman–Crippen LogP) is 2.09. The summed E-state index contributed by atoms with van der Waals surface area (Å²) in [6.45, 7) is 0. The number of hydrogen-bond acceptors (Lipinski definition) is 4. The molecule has 92 valence electrons. The maximum atomic E-state index is 12.3. The van der Waals surface area contributed by atoms with Crippen LogP contribution >= 0.6 is 0 Å². The van der Waals surface area contributed by atoms with Crippen molar-refractivity contribution in [1.29, 1.82) is 0 Å². The van der Waals surface area contributed by atoms with E-state index < -0.39 is 15.7 Å². The van der Waals surface area contributed by atoms with E-state index in [2.05, 4.69) is 9.10 Å². The number of carbonyl (C=O) groups is 1. The van der Waals surface area contributed by atoms with Gasteiger partial charge in [-0.2, -0.15) is 0 Å². The van der Waals surface area contributed by atoms with Crippen molar-refractivity contribution in [3.05, 3.63) is 29.8 Å². The highest BCUT2D eigenvalue weighted by Crippen LogP contribution is 2.27. The van der Waals surface area contributed by atoms with Gasteiger partial charge in [0, 0.05) is 11.2 Å². The second-order valence-corrected chi connectivity index (χ2v) is 6.44. The Balaban J connectivity index is 2.29. The lowest BCUT2D eigenvalue weighted by atomic mass is 10.2. The van der Waals surface area contributed by atoms with Gasteiger partial charge in [0.05, 0.1) is 28.4 Å². The first-order valence-electron chi connectivity index (χ1n) is 5.42. The minimum Gasteiger partial charge on any atom is -0.465 e. The molecule has 0 saturated heterocycles. The fraction of sp³-hybridized carbons (Fsp3) is 0.417. The normalized spacial score (nSPS) is 18.2. The minimum atomic E-state index is -2.32. The standard InChI is InChI=1S/C12H15NO3S/c1-16-12(14)9-3-7-11(8-4-9)17(2,15)13-10-5-6-10/h3-4,7-8,10H,5-6H2,1-2H3. The molecule has 5 heteroatoms. The van der Waals surface area contributed by atoms with Crippen LogP contribution in [0.25, 0.3) is 0 Å². The number of methoxy groups -OCH3 is 1. The highest BCUT2D eigenvalue weighted by Gasteiger charge is 2.22. The Bertz CT molecular complexity index is 537. The number of benzene rings is 1. The van der Waals surface area contributed by atoms with Gasteiger partial charge in [-0.3, -0.25) is 0 Å². The summed E-state index contributed by atoms with van der Waals surface area (Å²) in [6, 6.07) is 6.85. The molecule has 1 aliphatic rings. The second kappa shape index (κ2) is 4.49. The van der Waals surface area contributed by atoms with E-state index in [0.717, 1.165) is 12.8 Å². The fourth-order valence-electron chi connectivity index (χ4n) is 1.49. The van der Waals surface area contributed by atoms with E-state index in [9.17, 15) is 9.00 Å². The maximum absolute atomic E-state index is 12.3. The number of carbonyl (C=O) groups excluding carboxylic acids is 1. The molecule has 17 heavy (non-hydrogen) atoms. The van der Waals surface area contributed by atoms with Gasteiger partial charge in [-0.1, -0.05) is 0 Å². The molecule has 1 aromatic rings. The van der Waals surface area contributed by atoms with Crippen molar-refractivity contribution < 1.29 is 13.7 Å². The quantitative estimate of drug-likeness (QED) is 0.775. The summed E-state index contributed by atoms with van der Waals surface area (Å²) in [5.74, 6) is -0.390. The Morgan fingerprint density at radius 2 is 1.94 bits per heavy atom. The lowest BCUT2D eigenvalue weighted by Crippen LogP contribution is -2.03. The molecule has 0 aromatic heterocycles. The Kier molecular flexibility index (Phi) is 3.19. The summed E-state index contributed by atoms with van der Waals surface area (Å²) in [4.78, 5) is 11.9. The molecule has 0 N–H and O–H groups in total. The molecule has 0 amide bonds. The first-order valence-corrected chi connectivity index (χ1v) is 7.35. The van der Waals surface area contributed by atoms with Gasteiger partial charge in [-0.15, -0.1) is 0 Å². The average Bonchev–Trinajstić information content (AvgIpc) is 3.11. The van der Waals surface area contributed by atoms with E-state index >= 15 is 0 Å². The van der Waals surface area contributed by atoms with Crippen molar-refractivity contribution in [2.45, 2.75) is 23.8 Å². The zero-order valence-electron chi connectivity index (χ0n) is 9.88. The lowest BCUT2D eigenvalue weighted by Gasteiger charge is -2.05. The largest absolute Gasteiger partial charge is 0.465 e. The molecule has 0 spiro atoms. The highest BCUT2D eigenvalue weighted by atomic mass is 32.2. The molecule has 1 unspecified atom stereocenters. The van der Waals surface area contributed by atoms with Crippen LogP contribution in [0.5, 0.6) is 0 Å². The summed E-state index contributed by atoms with van der Waals surface area (Å²) in [5, 5.41) is 0. The first kappa shape index (κ1) is 12.1. The lowest BCUT2D eigenvalue weighted by molar-refractivity contribution is 0.0600. The fourth-order valence-corrected chi connectivity index (χ4v) is 3.03. The van der Waals surface area contributed by atoms with Crippen LogP contribution in [-0.2, 0) is 14.5 Å². The first-order chi connectivity index (χ1) is 8.03. The molecule has 1 fully saturated rings. The van der Waals surface area contributed by atoms with Gasteiger partial charge < -0.3 is 4.74 Å². The van der Waals surface area contributed by atoms with Crippen LogP contribution in [0.2, 0.25) is 0 Å². The third-order valence-corrected chi connectivity index (χ3v) is 4.46. The molecule has 0 bridgehead atoms. The van der Waals surface area contributed by atoms with Crippen molar-refractivity contribution >= 4 is 15.7 Å². The van der Waals surface area contributed by atoms with Crippen molar-refractivity contribution in [2.24, 2.45) is 4.36 Å². The van der Waals surface area contributed by atoms with Crippen molar-refractivity contribution in [3.63, 3.8) is 0 Å². The third-order valence-electron chi connectivity index (χ3n) is 2.61.